The molecular weight excluding hydrogens is 481 g/mol. The van der Waals surface area contributed by atoms with E-state index >= 15 is 4.39 Å². The van der Waals surface area contributed by atoms with E-state index in [4.69, 9.17) is 0 Å². The van der Waals surface area contributed by atoms with Crippen LogP contribution in [0.15, 0.2) is 12.1 Å². The summed E-state index contributed by atoms with van der Waals surface area (Å²) in [5, 5.41) is 27.2. The molecule has 2 atom stereocenters. The Hall–Kier alpha value is -3.50. The second-order valence-electron chi connectivity index (χ2n) is 11.3. The van der Waals surface area contributed by atoms with E-state index < -0.39 is 41.0 Å². The predicted molar refractivity (Wildman–Crippen MR) is 136 cm³/mol. The first-order valence-corrected chi connectivity index (χ1v) is 12.4. The van der Waals surface area contributed by atoms with Gasteiger partial charge in [-0.05, 0) is 53.5 Å². The molecule has 0 saturated carbocycles. The largest absolute Gasteiger partial charge is 0.481 e. The number of pyridine rings is 1. The van der Waals surface area contributed by atoms with Crippen molar-refractivity contribution in [3.05, 3.63) is 34.9 Å². The molecular formula is C26H36FN5O5. The fraction of sp³-hybridized carbons (Fsp3) is 0.577. The van der Waals surface area contributed by atoms with E-state index in [2.05, 4.69) is 15.4 Å². The number of hydrogen-bond acceptors (Lipinski definition) is 6. The minimum atomic E-state index is -1.43. The van der Waals surface area contributed by atoms with Gasteiger partial charge in [-0.15, -0.1) is 0 Å². The van der Waals surface area contributed by atoms with Crippen LogP contribution in [0.3, 0.4) is 0 Å². The van der Waals surface area contributed by atoms with Crippen molar-refractivity contribution in [3.63, 3.8) is 0 Å². The number of carbonyl (C=O) groups excluding carboxylic acids is 1. The molecule has 2 aromatic heterocycles. The molecule has 1 saturated heterocycles. The standard InChI is InChI=1S/C26H36FN5O5/c1-14(2)22(33)17-11-19(29-20-10-15(3)32(30-20)25(5,6)7)28-18(21(17)27)13-26(23(34)35)8-9-31(24(36)37)16(4)12-26/h10-11,14,16H,8-9,12-13H2,1-7H3,(H,34,35)(H,36,37)(H,28,29,30)/t16-,26-/m1/s1. The molecule has 1 aliphatic heterocycles. The van der Waals surface area contributed by atoms with Crippen LogP contribution in [0, 0.1) is 24.1 Å². The van der Waals surface area contributed by atoms with Gasteiger partial charge in [0.25, 0.3) is 0 Å². The van der Waals surface area contributed by atoms with Gasteiger partial charge in [0.15, 0.2) is 17.4 Å². The van der Waals surface area contributed by atoms with E-state index in [-0.39, 0.29) is 48.4 Å². The Morgan fingerprint density at radius 2 is 1.86 bits per heavy atom. The second kappa shape index (κ2) is 10.1. The molecule has 3 rings (SSSR count). The summed E-state index contributed by atoms with van der Waals surface area (Å²) < 4.78 is 17.5. The van der Waals surface area contributed by atoms with Crippen molar-refractivity contribution in [2.24, 2.45) is 11.3 Å². The van der Waals surface area contributed by atoms with Crippen LogP contribution >= 0.6 is 0 Å². The molecule has 1 amide bonds. The average Bonchev–Trinajstić information content (AvgIpc) is 3.15. The first kappa shape index (κ1) is 28.1. The number of carboxylic acids is 1. The molecule has 0 aromatic carbocycles. The summed E-state index contributed by atoms with van der Waals surface area (Å²) in [5.41, 5.74) is -1.15. The summed E-state index contributed by atoms with van der Waals surface area (Å²) in [7, 11) is 0. The zero-order chi connectivity index (χ0) is 27.9. The number of carbonyl (C=O) groups is 3. The monoisotopic (exact) mass is 517 g/mol. The summed E-state index contributed by atoms with van der Waals surface area (Å²) in [6, 6.07) is 2.56. The molecule has 3 N–H and O–H groups in total. The van der Waals surface area contributed by atoms with E-state index in [1.54, 1.807) is 20.8 Å². The van der Waals surface area contributed by atoms with E-state index in [1.807, 2.05) is 38.4 Å². The van der Waals surface area contributed by atoms with Crippen molar-refractivity contribution < 1.29 is 29.0 Å². The number of aliphatic carboxylic acids is 1. The number of halogens is 1. The Labute approximate surface area is 215 Å². The number of Topliss-reactive ketones (excluding diaryl/α,β-unsaturated/α-hetero) is 1. The molecule has 10 nitrogen and oxygen atoms in total. The minimum absolute atomic E-state index is 0.000390. The normalized spacial score (nSPS) is 20.2. The highest BCUT2D eigenvalue weighted by molar-refractivity contribution is 5.98. The maximum Gasteiger partial charge on any atom is 0.407 e. The number of nitrogens with zero attached hydrogens (tertiary/aromatic N) is 4. The number of nitrogens with one attached hydrogen (secondary N) is 1. The number of aromatic nitrogens is 3. The van der Waals surface area contributed by atoms with Crippen molar-refractivity contribution >= 4 is 29.5 Å². The van der Waals surface area contributed by atoms with Gasteiger partial charge in [0.2, 0.25) is 0 Å². The highest BCUT2D eigenvalue weighted by atomic mass is 19.1. The van der Waals surface area contributed by atoms with Crippen LogP contribution in [0.4, 0.5) is 20.8 Å². The fourth-order valence-electron chi connectivity index (χ4n) is 4.97. The molecule has 1 fully saturated rings. The van der Waals surface area contributed by atoms with Crippen LogP contribution < -0.4 is 5.32 Å². The van der Waals surface area contributed by atoms with Gasteiger partial charge in [-0.1, -0.05) is 13.8 Å². The minimum Gasteiger partial charge on any atom is -0.481 e. The Bertz CT molecular complexity index is 1220. The van der Waals surface area contributed by atoms with Crippen molar-refractivity contribution in [1.82, 2.24) is 19.7 Å². The third-order valence-corrected chi connectivity index (χ3v) is 6.85. The number of piperidine rings is 1. The second-order valence-corrected chi connectivity index (χ2v) is 11.3. The van der Waals surface area contributed by atoms with Gasteiger partial charge in [0, 0.05) is 36.7 Å². The number of likely N-dealkylation sites (tertiary alicyclic amines) is 1. The molecule has 0 spiro atoms. The van der Waals surface area contributed by atoms with E-state index in [0.717, 1.165) is 5.69 Å². The number of carboxylic acid groups (broad SMARTS) is 2. The summed E-state index contributed by atoms with van der Waals surface area (Å²) >= 11 is 0. The average molecular weight is 518 g/mol. The zero-order valence-corrected chi connectivity index (χ0v) is 22.4. The van der Waals surface area contributed by atoms with Gasteiger partial charge >= 0.3 is 12.1 Å². The summed E-state index contributed by atoms with van der Waals surface area (Å²) in [5.74, 6) is -2.30. The van der Waals surface area contributed by atoms with Crippen LogP contribution in [0.2, 0.25) is 0 Å². The summed E-state index contributed by atoms with van der Waals surface area (Å²) in [6.07, 6.45) is -1.41. The van der Waals surface area contributed by atoms with Crippen molar-refractivity contribution in [2.75, 3.05) is 11.9 Å². The van der Waals surface area contributed by atoms with Gasteiger partial charge in [-0.25, -0.2) is 14.2 Å². The highest BCUT2D eigenvalue weighted by Crippen LogP contribution is 2.39. The molecule has 0 bridgehead atoms. The zero-order valence-electron chi connectivity index (χ0n) is 22.4. The van der Waals surface area contributed by atoms with Gasteiger partial charge < -0.3 is 20.4 Å². The maximum atomic E-state index is 15.7. The lowest BCUT2D eigenvalue weighted by atomic mass is 9.72. The molecule has 1 aliphatic rings. The van der Waals surface area contributed by atoms with Crippen molar-refractivity contribution in [3.8, 4) is 0 Å². The van der Waals surface area contributed by atoms with Crippen LogP contribution in [-0.2, 0) is 16.8 Å². The Balaban J connectivity index is 2.05. The van der Waals surface area contributed by atoms with Crippen LogP contribution in [0.1, 0.15) is 76.1 Å². The highest BCUT2D eigenvalue weighted by Gasteiger charge is 2.46. The third-order valence-electron chi connectivity index (χ3n) is 6.85. The molecule has 3 heterocycles. The lowest BCUT2D eigenvalue weighted by Gasteiger charge is -2.42. The number of ketones is 1. The number of rotatable bonds is 7. The maximum absolute atomic E-state index is 15.7. The number of hydrogen-bond donors (Lipinski definition) is 3. The molecule has 2 aromatic rings. The van der Waals surface area contributed by atoms with Gasteiger partial charge in [0.1, 0.15) is 5.82 Å². The number of aryl methyl sites for hydroxylation is 1. The first-order valence-electron chi connectivity index (χ1n) is 12.4. The van der Waals surface area contributed by atoms with Crippen molar-refractivity contribution in [2.45, 2.75) is 79.3 Å². The Morgan fingerprint density at radius 1 is 1.22 bits per heavy atom. The first-order chi connectivity index (χ1) is 17.1. The van der Waals surface area contributed by atoms with E-state index in [9.17, 15) is 24.6 Å². The number of amides is 1. The molecule has 37 heavy (non-hydrogen) atoms. The Morgan fingerprint density at radius 3 is 2.35 bits per heavy atom. The smallest absolute Gasteiger partial charge is 0.407 e. The number of anilines is 2. The van der Waals surface area contributed by atoms with Gasteiger partial charge in [-0.3, -0.25) is 14.3 Å². The quantitative estimate of drug-likeness (QED) is 0.444. The fourth-order valence-corrected chi connectivity index (χ4v) is 4.97. The van der Waals surface area contributed by atoms with Crippen molar-refractivity contribution in [1.29, 1.82) is 0 Å². The summed E-state index contributed by atoms with van der Waals surface area (Å²) in [6.45, 7) is 12.9. The SMILES string of the molecule is Cc1cc(Nc2cc(C(=O)C(C)C)c(F)c(C[C@@]3(C(=O)O)CCN(C(=O)O)[C@H](C)C3)n2)nn1C(C)(C)C. The van der Waals surface area contributed by atoms with Crippen LogP contribution in [-0.4, -0.2) is 60.3 Å². The molecule has 0 aliphatic carbocycles. The molecule has 0 unspecified atom stereocenters. The topological polar surface area (TPSA) is 138 Å². The predicted octanol–water partition coefficient (Wildman–Crippen LogP) is 4.84. The van der Waals surface area contributed by atoms with Crippen LogP contribution in [0.25, 0.3) is 0 Å². The van der Waals surface area contributed by atoms with E-state index in [1.165, 1.54) is 11.0 Å². The third kappa shape index (κ3) is 5.75. The molecule has 0 radical (unpaired) electrons. The van der Waals surface area contributed by atoms with Crippen LogP contribution in [0.5, 0.6) is 0 Å². The lowest BCUT2D eigenvalue weighted by molar-refractivity contribution is -0.153. The molecule has 11 heteroatoms. The van der Waals surface area contributed by atoms with Gasteiger partial charge in [0.05, 0.1) is 22.2 Å². The molecule has 202 valence electrons. The Kier molecular flexibility index (Phi) is 7.67. The van der Waals surface area contributed by atoms with E-state index in [0.29, 0.717) is 5.82 Å². The lowest BCUT2D eigenvalue weighted by Crippen LogP contribution is -2.51. The van der Waals surface area contributed by atoms with Gasteiger partial charge in [-0.2, -0.15) is 5.10 Å². The summed E-state index contributed by atoms with van der Waals surface area (Å²) in [4.78, 5) is 42.4.